The van der Waals surface area contributed by atoms with E-state index in [1.165, 1.54) is 40.7 Å². The second-order valence-electron chi connectivity index (χ2n) is 10.9. The molecule has 0 aromatic heterocycles. The summed E-state index contributed by atoms with van der Waals surface area (Å²) in [5.74, 6) is 1.49. The first-order valence-corrected chi connectivity index (χ1v) is 13.7. The topological polar surface area (TPSA) is 17.1 Å². The molecule has 2 aliphatic rings. The molecule has 4 aromatic rings. The quantitative estimate of drug-likeness (QED) is 0.159. The van der Waals surface area contributed by atoms with Gasteiger partial charge in [-0.1, -0.05) is 110 Å². The summed E-state index contributed by atoms with van der Waals surface area (Å²) >= 11 is 0. The molecule has 0 N–H and O–H groups in total. The molecule has 0 saturated heterocycles. The highest BCUT2D eigenvalue weighted by molar-refractivity contribution is 6.13. The number of allylic oxidation sites excluding steroid dienone is 1. The minimum absolute atomic E-state index is 0.144. The summed E-state index contributed by atoms with van der Waals surface area (Å²) in [6.45, 7) is 4.37. The highest BCUT2D eigenvalue weighted by Gasteiger charge is 2.32. The van der Waals surface area contributed by atoms with Gasteiger partial charge < -0.3 is 0 Å². The molecule has 1 heteroatoms. The fourth-order valence-corrected chi connectivity index (χ4v) is 6.69. The average molecular weight is 483 g/mol. The van der Waals surface area contributed by atoms with Crippen molar-refractivity contribution < 1.29 is 4.79 Å². The van der Waals surface area contributed by atoms with Gasteiger partial charge in [0.25, 0.3) is 0 Å². The maximum atomic E-state index is 13.7. The minimum Gasteiger partial charge on any atom is -0.289 e. The third-order valence-corrected chi connectivity index (χ3v) is 8.66. The molecule has 0 heterocycles. The average Bonchev–Trinajstić information content (AvgIpc) is 3.58. The van der Waals surface area contributed by atoms with E-state index in [0.717, 1.165) is 42.4 Å². The normalized spacial score (nSPS) is 18.0. The van der Waals surface area contributed by atoms with E-state index < -0.39 is 0 Å². The number of fused-ring (bicyclic) bond motifs is 3. The molecule has 2 unspecified atom stereocenters. The molecule has 0 aliphatic heterocycles. The summed E-state index contributed by atoms with van der Waals surface area (Å²) in [5, 5.41) is 0. The Morgan fingerprint density at radius 3 is 2.14 bits per heavy atom. The maximum Gasteiger partial charge on any atom is 0.189 e. The summed E-state index contributed by atoms with van der Waals surface area (Å²) in [7, 11) is 0. The Hall–Kier alpha value is -3.71. The molecule has 184 valence electrons. The molecule has 2 aliphatic carbocycles. The van der Waals surface area contributed by atoms with Gasteiger partial charge in [-0.3, -0.25) is 4.79 Å². The zero-order valence-electron chi connectivity index (χ0n) is 21.4. The van der Waals surface area contributed by atoms with Crippen LogP contribution in [-0.2, 0) is 6.42 Å². The second kappa shape index (κ2) is 10.3. The van der Waals surface area contributed by atoms with Gasteiger partial charge in [-0.15, -0.1) is 0 Å². The van der Waals surface area contributed by atoms with Crippen molar-refractivity contribution in [1.29, 1.82) is 0 Å². The molecule has 37 heavy (non-hydrogen) atoms. The van der Waals surface area contributed by atoms with E-state index in [1.54, 1.807) is 0 Å². The smallest absolute Gasteiger partial charge is 0.189 e. The van der Waals surface area contributed by atoms with Crippen LogP contribution in [-0.4, -0.2) is 5.78 Å². The molecule has 1 fully saturated rings. The van der Waals surface area contributed by atoms with Gasteiger partial charge in [0, 0.05) is 11.5 Å². The third kappa shape index (κ3) is 4.71. The standard InChI is InChI=1S/C36H34O/c1-25(36(37)34-18-10-16-31-24-30-15-8-9-17-33(30)35(31)34)29-21-19-26(23-29)20-22-32(27-11-4-2-5-12-27)28-13-6-3-7-14-28/h2-18,26,29,32H,1,19-24H2. The Morgan fingerprint density at radius 1 is 0.757 bits per heavy atom. The zero-order valence-corrected chi connectivity index (χ0v) is 21.4. The number of hydrogen-bond acceptors (Lipinski definition) is 1. The summed E-state index contributed by atoms with van der Waals surface area (Å²) in [6, 6.07) is 36.5. The van der Waals surface area contributed by atoms with Crippen molar-refractivity contribution in [2.45, 2.75) is 44.4 Å². The summed E-state index contributed by atoms with van der Waals surface area (Å²) in [4.78, 5) is 13.7. The van der Waals surface area contributed by atoms with Crippen molar-refractivity contribution in [2.24, 2.45) is 11.8 Å². The number of Topliss-reactive ketones (excluding diaryl/α,β-unsaturated/α-hetero) is 1. The Kier molecular flexibility index (Phi) is 6.62. The number of hydrogen-bond donors (Lipinski definition) is 0. The van der Waals surface area contributed by atoms with E-state index in [-0.39, 0.29) is 11.7 Å². The molecule has 1 nitrogen and oxygen atoms in total. The van der Waals surface area contributed by atoms with Crippen LogP contribution in [0.15, 0.2) is 115 Å². The Balaban J connectivity index is 1.14. The monoisotopic (exact) mass is 482 g/mol. The van der Waals surface area contributed by atoms with Crippen LogP contribution in [0.25, 0.3) is 11.1 Å². The van der Waals surface area contributed by atoms with Crippen LogP contribution >= 0.6 is 0 Å². The molecule has 6 rings (SSSR count). The Bertz CT molecular complexity index is 1380. The predicted molar refractivity (Wildman–Crippen MR) is 153 cm³/mol. The fourth-order valence-electron chi connectivity index (χ4n) is 6.69. The SMILES string of the molecule is C=C(C(=O)c1cccc2c1-c1ccccc1C2)C1CCC(CCC(c2ccccc2)c2ccccc2)C1. The van der Waals surface area contributed by atoms with Crippen LogP contribution < -0.4 is 0 Å². The first-order chi connectivity index (χ1) is 18.2. The van der Waals surface area contributed by atoms with E-state index >= 15 is 0 Å². The van der Waals surface area contributed by atoms with Gasteiger partial charge >= 0.3 is 0 Å². The van der Waals surface area contributed by atoms with Crippen LogP contribution in [0.3, 0.4) is 0 Å². The van der Waals surface area contributed by atoms with E-state index in [9.17, 15) is 4.79 Å². The van der Waals surface area contributed by atoms with E-state index in [0.29, 0.717) is 11.8 Å². The number of carbonyl (C=O) groups excluding carboxylic acids is 1. The summed E-state index contributed by atoms with van der Waals surface area (Å²) in [5.41, 5.74) is 9.35. The molecule has 2 atom stereocenters. The molecular weight excluding hydrogens is 448 g/mol. The number of carbonyl (C=O) groups is 1. The lowest BCUT2D eigenvalue weighted by Crippen LogP contribution is -2.12. The largest absolute Gasteiger partial charge is 0.289 e. The van der Waals surface area contributed by atoms with E-state index in [4.69, 9.17) is 0 Å². The Morgan fingerprint density at radius 2 is 1.41 bits per heavy atom. The van der Waals surface area contributed by atoms with Crippen LogP contribution in [0, 0.1) is 11.8 Å². The van der Waals surface area contributed by atoms with Gasteiger partial charge in [0.2, 0.25) is 0 Å². The van der Waals surface area contributed by atoms with Crippen molar-refractivity contribution in [1.82, 2.24) is 0 Å². The lowest BCUT2D eigenvalue weighted by atomic mass is 9.84. The van der Waals surface area contributed by atoms with Crippen LogP contribution in [0.1, 0.15) is 70.6 Å². The highest BCUT2D eigenvalue weighted by atomic mass is 16.1. The van der Waals surface area contributed by atoms with Crippen molar-refractivity contribution in [3.8, 4) is 11.1 Å². The first-order valence-electron chi connectivity index (χ1n) is 13.7. The molecule has 0 spiro atoms. The van der Waals surface area contributed by atoms with Crippen molar-refractivity contribution in [3.63, 3.8) is 0 Å². The maximum absolute atomic E-state index is 13.7. The van der Waals surface area contributed by atoms with Gasteiger partial charge in [-0.05, 0) is 89.3 Å². The Labute approximate surface area is 220 Å². The van der Waals surface area contributed by atoms with Crippen molar-refractivity contribution >= 4 is 5.78 Å². The van der Waals surface area contributed by atoms with Crippen LogP contribution in [0.4, 0.5) is 0 Å². The number of rotatable bonds is 8. The van der Waals surface area contributed by atoms with Crippen LogP contribution in [0.5, 0.6) is 0 Å². The molecule has 0 amide bonds. The first kappa shape index (κ1) is 23.7. The molecule has 0 bridgehead atoms. The molecule has 4 aromatic carbocycles. The molecular formula is C36H34O. The fraction of sp³-hybridized carbons (Fsp3) is 0.250. The van der Waals surface area contributed by atoms with E-state index in [1.807, 2.05) is 12.1 Å². The van der Waals surface area contributed by atoms with Gasteiger partial charge in [-0.2, -0.15) is 0 Å². The molecule has 0 radical (unpaired) electrons. The van der Waals surface area contributed by atoms with Gasteiger partial charge in [0.15, 0.2) is 5.78 Å². The second-order valence-corrected chi connectivity index (χ2v) is 10.9. The molecule has 1 saturated carbocycles. The zero-order chi connectivity index (χ0) is 25.2. The van der Waals surface area contributed by atoms with Crippen LogP contribution in [0.2, 0.25) is 0 Å². The highest BCUT2D eigenvalue weighted by Crippen LogP contribution is 2.43. The van der Waals surface area contributed by atoms with Crippen molar-refractivity contribution in [2.75, 3.05) is 0 Å². The predicted octanol–water partition coefficient (Wildman–Crippen LogP) is 9.03. The van der Waals surface area contributed by atoms with Gasteiger partial charge in [0.05, 0.1) is 0 Å². The van der Waals surface area contributed by atoms with Gasteiger partial charge in [0.1, 0.15) is 0 Å². The van der Waals surface area contributed by atoms with Gasteiger partial charge in [-0.25, -0.2) is 0 Å². The van der Waals surface area contributed by atoms with Crippen molar-refractivity contribution in [3.05, 3.63) is 143 Å². The lowest BCUT2D eigenvalue weighted by molar-refractivity contribution is 0.102. The summed E-state index contributed by atoms with van der Waals surface area (Å²) in [6.07, 6.45) is 6.56. The summed E-state index contributed by atoms with van der Waals surface area (Å²) < 4.78 is 0. The number of benzene rings is 4. The van der Waals surface area contributed by atoms with E-state index in [2.05, 4.69) is 97.6 Å². The lowest BCUT2D eigenvalue weighted by Gasteiger charge is -2.20. The number of ketones is 1. The minimum atomic E-state index is 0.144. The third-order valence-electron chi connectivity index (χ3n) is 8.66.